The van der Waals surface area contributed by atoms with Gasteiger partial charge in [-0.1, -0.05) is 84.4 Å². The van der Waals surface area contributed by atoms with Gasteiger partial charge in [0.25, 0.3) is 0 Å². The number of hydrogen-bond acceptors (Lipinski definition) is 2. The molecule has 0 spiro atoms. The molecule has 0 N–H and O–H groups in total. The second-order valence-corrected chi connectivity index (χ2v) is 9.56. The summed E-state index contributed by atoms with van der Waals surface area (Å²) in [4.78, 5) is 5.41. The van der Waals surface area contributed by atoms with Crippen LogP contribution in [0.1, 0.15) is 41.4 Å². The maximum atomic E-state index is 6.19. The zero-order valence-electron chi connectivity index (χ0n) is 18.0. The van der Waals surface area contributed by atoms with Gasteiger partial charge < -0.3 is 0 Å². The molecule has 2 aliphatic heterocycles. The van der Waals surface area contributed by atoms with Crippen molar-refractivity contribution in [3.05, 3.63) is 107 Å². The molecule has 0 saturated carbocycles. The van der Waals surface area contributed by atoms with Crippen LogP contribution >= 0.6 is 11.6 Å². The summed E-state index contributed by atoms with van der Waals surface area (Å²) in [6, 6.07) is 31.1. The van der Waals surface area contributed by atoms with Gasteiger partial charge in [0, 0.05) is 36.6 Å². The van der Waals surface area contributed by atoms with Crippen LogP contribution in [-0.2, 0) is 6.54 Å². The molecule has 5 rings (SSSR count). The Morgan fingerprint density at radius 2 is 1.35 bits per heavy atom. The lowest BCUT2D eigenvalue weighted by atomic mass is 9.87. The molecule has 31 heavy (non-hydrogen) atoms. The average molecular weight is 431 g/mol. The van der Waals surface area contributed by atoms with E-state index in [0.29, 0.717) is 17.9 Å². The molecule has 2 heterocycles. The zero-order chi connectivity index (χ0) is 21.0. The summed E-state index contributed by atoms with van der Waals surface area (Å²) >= 11 is 6.19. The molecule has 2 atom stereocenters. The second-order valence-electron chi connectivity index (χ2n) is 9.13. The third kappa shape index (κ3) is 4.87. The Morgan fingerprint density at radius 3 is 2.03 bits per heavy atom. The number of halogens is 1. The topological polar surface area (TPSA) is 6.48 Å². The average Bonchev–Trinajstić information content (AvgIpc) is 3.24. The van der Waals surface area contributed by atoms with E-state index in [1.807, 2.05) is 0 Å². The van der Waals surface area contributed by atoms with Crippen LogP contribution in [0.25, 0.3) is 0 Å². The van der Waals surface area contributed by atoms with Gasteiger partial charge in [-0.25, -0.2) is 0 Å². The highest BCUT2D eigenvalue weighted by Crippen LogP contribution is 2.36. The molecule has 2 aliphatic rings. The SMILES string of the molecule is Clc1ccc([C@@H]2CN(Cc3ccccc3)C[C@H]2N2CCC(c3ccccc3)CC2)cc1. The summed E-state index contributed by atoms with van der Waals surface area (Å²) in [5, 5.41) is 0.822. The fourth-order valence-corrected chi connectivity index (χ4v) is 5.66. The zero-order valence-corrected chi connectivity index (χ0v) is 18.8. The van der Waals surface area contributed by atoms with E-state index in [4.69, 9.17) is 11.6 Å². The predicted octanol–water partition coefficient (Wildman–Crippen LogP) is 6.19. The highest BCUT2D eigenvalue weighted by Gasteiger charge is 2.38. The van der Waals surface area contributed by atoms with E-state index in [1.54, 1.807) is 0 Å². The molecule has 3 heteroatoms. The highest BCUT2D eigenvalue weighted by molar-refractivity contribution is 6.30. The largest absolute Gasteiger partial charge is 0.298 e. The van der Waals surface area contributed by atoms with Crippen LogP contribution in [-0.4, -0.2) is 42.0 Å². The standard InChI is InChI=1S/C28H31ClN2/c29-26-13-11-25(12-14-26)27-20-30(19-22-7-3-1-4-8-22)21-28(27)31-17-15-24(16-18-31)23-9-5-2-6-10-23/h1-14,24,27-28H,15-21H2/t27-,28+/m0/s1. The van der Waals surface area contributed by atoms with E-state index in [-0.39, 0.29) is 0 Å². The third-order valence-corrected chi connectivity index (χ3v) is 7.43. The molecule has 2 fully saturated rings. The van der Waals surface area contributed by atoms with Crippen LogP contribution < -0.4 is 0 Å². The molecule has 0 aliphatic carbocycles. The first-order chi connectivity index (χ1) is 15.3. The number of hydrogen-bond donors (Lipinski definition) is 0. The summed E-state index contributed by atoms with van der Waals surface area (Å²) in [5.41, 5.74) is 4.34. The molecule has 2 saturated heterocycles. The molecule has 0 unspecified atom stereocenters. The van der Waals surface area contributed by atoms with Gasteiger partial charge in [-0.3, -0.25) is 9.80 Å². The molecule has 0 bridgehead atoms. The number of benzene rings is 3. The number of rotatable bonds is 5. The Hall–Kier alpha value is -2.13. The van der Waals surface area contributed by atoms with Gasteiger partial charge in [-0.05, 0) is 60.7 Å². The van der Waals surface area contributed by atoms with E-state index in [2.05, 4.69) is 94.7 Å². The van der Waals surface area contributed by atoms with Crippen molar-refractivity contribution < 1.29 is 0 Å². The molecular formula is C28H31ClN2. The van der Waals surface area contributed by atoms with Gasteiger partial charge in [0.05, 0.1) is 0 Å². The minimum absolute atomic E-state index is 0.536. The fourth-order valence-electron chi connectivity index (χ4n) is 5.53. The maximum absolute atomic E-state index is 6.19. The van der Waals surface area contributed by atoms with Crippen molar-refractivity contribution in [1.82, 2.24) is 9.80 Å². The lowest BCUT2D eigenvalue weighted by molar-refractivity contribution is 0.143. The smallest absolute Gasteiger partial charge is 0.0406 e. The Morgan fingerprint density at radius 1 is 0.710 bits per heavy atom. The summed E-state index contributed by atoms with van der Waals surface area (Å²) < 4.78 is 0. The van der Waals surface area contributed by atoms with Crippen LogP contribution in [0.15, 0.2) is 84.9 Å². The molecule has 0 radical (unpaired) electrons. The van der Waals surface area contributed by atoms with E-state index in [0.717, 1.165) is 24.7 Å². The van der Waals surface area contributed by atoms with E-state index in [9.17, 15) is 0 Å². The van der Waals surface area contributed by atoms with Crippen LogP contribution in [0.5, 0.6) is 0 Å². The Labute approximate surface area is 191 Å². The molecule has 2 nitrogen and oxygen atoms in total. The van der Waals surface area contributed by atoms with Crippen LogP contribution in [0.4, 0.5) is 0 Å². The van der Waals surface area contributed by atoms with E-state index >= 15 is 0 Å². The fraction of sp³-hybridized carbons (Fsp3) is 0.357. The van der Waals surface area contributed by atoms with Crippen molar-refractivity contribution in [3.63, 3.8) is 0 Å². The minimum Gasteiger partial charge on any atom is -0.298 e. The number of piperidine rings is 1. The Bertz CT molecular complexity index is 949. The maximum Gasteiger partial charge on any atom is 0.0406 e. The summed E-state index contributed by atoms with van der Waals surface area (Å²) in [7, 11) is 0. The quantitative estimate of drug-likeness (QED) is 0.476. The van der Waals surface area contributed by atoms with Crippen LogP contribution in [0.2, 0.25) is 5.02 Å². The Kier molecular flexibility index (Phi) is 6.40. The van der Waals surface area contributed by atoms with Gasteiger partial charge in [0.2, 0.25) is 0 Å². The molecule has 0 aromatic heterocycles. The normalized spacial score (nSPS) is 23.3. The first-order valence-corrected chi connectivity index (χ1v) is 11.9. The monoisotopic (exact) mass is 430 g/mol. The third-order valence-electron chi connectivity index (χ3n) is 7.18. The summed E-state index contributed by atoms with van der Waals surface area (Å²) in [6.45, 7) is 5.65. The van der Waals surface area contributed by atoms with Crippen molar-refractivity contribution in [3.8, 4) is 0 Å². The van der Waals surface area contributed by atoms with Gasteiger partial charge in [0.1, 0.15) is 0 Å². The second kappa shape index (κ2) is 9.56. The van der Waals surface area contributed by atoms with Crippen molar-refractivity contribution in [2.24, 2.45) is 0 Å². The van der Waals surface area contributed by atoms with Gasteiger partial charge in [0.15, 0.2) is 0 Å². The first-order valence-electron chi connectivity index (χ1n) is 11.6. The van der Waals surface area contributed by atoms with Crippen LogP contribution in [0, 0.1) is 0 Å². The van der Waals surface area contributed by atoms with Gasteiger partial charge >= 0.3 is 0 Å². The molecule has 160 valence electrons. The highest BCUT2D eigenvalue weighted by atomic mass is 35.5. The van der Waals surface area contributed by atoms with Crippen molar-refractivity contribution in [2.75, 3.05) is 26.2 Å². The lowest BCUT2D eigenvalue weighted by Gasteiger charge is -2.38. The van der Waals surface area contributed by atoms with Crippen LogP contribution in [0.3, 0.4) is 0 Å². The molecule has 0 amide bonds. The minimum atomic E-state index is 0.536. The number of likely N-dealkylation sites (tertiary alicyclic amines) is 2. The van der Waals surface area contributed by atoms with E-state index in [1.165, 1.54) is 42.6 Å². The Balaban J connectivity index is 1.31. The van der Waals surface area contributed by atoms with Crippen molar-refractivity contribution in [2.45, 2.75) is 37.3 Å². The van der Waals surface area contributed by atoms with Crippen molar-refractivity contribution in [1.29, 1.82) is 0 Å². The van der Waals surface area contributed by atoms with Crippen molar-refractivity contribution >= 4 is 11.6 Å². The molecule has 3 aromatic carbocycles. The molecule has 3 aromatic rings. The summed E-state index contributed by atoms with van der Waals surface area (Å²) in [6.07, 6.45) is 2.51. The lowest BCUT2D eigenvalue weighted by Crippen LogP contribution is -2.44. The summed E-state index contributed by atoms with van der Waals surface area (Å²) in [5.74, 6) is 1.24. The number of nitrogens with zero attached hydrogens (tertiary/aromatic N) is 2. The first kappa shape index (κ1) is 20.8. The van der Waals surface area contributed by atoms with Gasteiger partial charge in [-0.15, -0.1) is 0 Å². The van der Waals surface area contributed by atoms with E-state index < -0.39 is 0 Å². The van der Waals surface area contributed by atoms with Gasteiger partial charge in [-0.2, -0.15) is 0 Å². The predicted molar refractivity (Wildman–Crippen MR) is 130 cm³/mol. The molecular weight excluding hydrogens is 400 g/mol.